The number of hydrogen-bond donors (Lipinski definition) is 4. The van der Waals surface area contributed by atoms with E-state index in [-0.39, 0.29) is 12.1 Å². The van der Waals surface area contributed by atoms with Gasteiger partial charge in [-0.3, -0.25) is 4.98 Å². The summed E-state index contributed by atoms with van der Waals surface area (Å²) in [5.74, 6) is 0. The fourth-order valence-electron chi connectivity index (χ4n) is 1.47. The fourth-order valence-corrected chi connectivity index (χ4v) is 1.47. The van der Waals surface area contributed by atoms with E-state index in [9.17, 15) is 0 Å². The molecule has 2 unspecified atom stereocenters. The highest BCUT2D eigenvalue weighted by Crippen LogP contribution is 2.16. The summed E-state index contributed by atoms with van der Waals surface area (Å²) in [6, 6.07) is 4.35. The number of nitrogens with zero attached hydrogens (tertiary/aromatic N) is 1. The number of nitrogens with one attached hydrogen (secondary N) is 3. The molecule has 0 radical (unpaired) electrons. The first kappa shape index (κ1) is 8.58. The van der Waals surface area contributed by atoms with Crippen LogP contribution in [-0.2, 0) is 0 Å². The average Bonchev–Trinajstić information content (AvgIpc) is 2.67. The second kappa shape index (κ2) is 3.80. The molecule has 0 aliphatic carbocycles. The van der Waals surface area contributed by atoms with Crippen LogP contribution in [0.25, 0.3) is 0 Å². The SMILES string of the molecule is NCC1NNNC1c1cccnc1. The van der Waals surface area contributed by atoms with Crippen LogP contribution in [-0.4, -0.2) is 17.6 Å². The van der Waals surface area contributed by atoms with E-state index < -0.39 is 0 Å². The lowest BCUT2D eigenvalue weighted by Crippen LogP contribution is -2.37. The average molecular weight is 179 g/mol. The summed E-state index contributed by atoms with van der Waals surface area (Å²) in [5, 5.41) is 0. The van der Waals surface area contributed by atoms with Gasteiger partial charge in [-0.15, -0.1) is 0 Å². The summed E-state index contributed by atoms with van der Waals surface area (Å²) < 4.78 is 0. The highest BCUT2D eigenvalue weighted by molar-refractivity contribution is 5.17. The van der Waals surface area contributed by atoms with Crippen molar-refractivity contribution in [3.63, 3.8) is 0 Å². The Morgan fingerprint density at radius 2 is 2.38 bits per heavy atom. The molecule has 5 heteroatoms. The molecule has 0 amide bonds. The van der Waals surface area contributed by atoms with Crippen molar-refractivity contribution in [2.24, 2.45) is 5.73 Å². The molecule has 2 heterocycles. The van der Waals surface area contributed by atoms with E-state index in [0.717, 1.165) is 5.56 Å². The number of aromatic nitrogens is 1. The van der Waals surface area contributed by atoms with Crippen LogP contribution in [0.4, 0.5) is 0 Å². The van der Waals surface area contributed by atoms with E-state index in [0.29, 0.717) is 6.54 Å². The minimum atomic E-state index is 0.193. The van der Waals surface area contributed by atoms with Gasteiger partial charge in [0.2, 0.25) is 0 Å². The first-order chi connectivity index (χ1) is 6.42. The first-order valence-electron chi connectivity index (χ1n) is 4.28. The first-order valence-corrected chi connectivity index (χ1v) is 4.28. The van der Waals surface area contributed by atoms with Gasteiger partial charge in [0, 0.05) is 18.9 Å². The molecular weight excluding hydrogens is 166 g/mol. The Labute approximate surface area is 76.7 Å². The molecule has 2 atom stereocenters. The second-order valence-corrected chi connectivity index (χ2v) is 3.02. The topological polar surface area (TPSA) is 75.0 Å². The van der Waals surface area contributed by atoms with Gasteiger partial charge in [-0.2, -0.15) is 5.53 Å². The molecule has 70 valence electrons. The lowest BCUT2D eigenvalue weighted by atomic mass is 10.0. The number of hydrogen-bond acceptors (Lipinski definition) is 5. The third kappa shape index (κ3) is 1.68. The summed E-state index contributed by atoms with van der Waals surface area (Å²) in [5.41, 5.74) is 15.7. The molecule has 1 aliphatic rings. The Hall–Kier alpha value is -1.01. The van der Waals surface area contributed by atoms with E-state index in [1.807, 2.05) is 18.3 Å². The molecule has 0 saturated carbocycles. The zero-order chi connectivity index (χ0) is 9.10. The zero-order valence-electron chi connectivity index (χ0n) is 7.20. The van der Waals surface area contributed by atoms with Crippen molar-refractivity contribution in [3.05, 3.63) is 30.1 Å². The summed E-state index contributed by atoms with van der Waals surface area (Å²) in [7, 11) is 0. The van der Waals surface area contributed by atoms with E-state index in [1.165, 1.54) is 0 Å². The Morgan fingerprint density at radius 1 is 1.46 bits per heavy atom. The summed E-state index contributed by atoms with van der Waals surface area (Å²) in [6.07, 6.45) is 3.60. The molecule has 0 aromatic carbocycles. The standard InChI is InChI=1S/C8H13N5/c9-4-7-8(12-13-11-7)6-2-1-3-10-5-6/h1-3,5,7-8,11-13H,4,9H2. The van der Waals surface area contributed by atoms with Crippen molar-refractivity contribution in [1.29, 1.82) is 0 Å². The molecule has 5 nitrogen and oxygen atoms in total. The van der Waals surface area contributed by atoms with E-state index in [1.54, 1.807) is 6.20 Å². The minimum absolute atomic E-state index is 0.193. The van der Waals surface area contributed by atoms with Gasteiger partial charge in [0.25, 0.3) is 0 Å². The molecule has 1 aromatic rings. The zero-order valence-corrected chi connectivity index (χ0v) is 7.20. The van der Waals surface area contributed by atoms with E-state index in [4.69, 9.17) is 5.73 Å². The van der Waals surface area contributed by atoms with E-state index in [2.05, 4.69) is 21.4 Å². The Balaban J connectivity index is 2.16. The number of rotatable bonds is 2. The smallest absolute Gasteiger partial charge is 0.0670 e. The van der Waals surface area contributed by atoms with Crippen molar-refractivity contribution in [2.45, 2.75) is 12.1 Å². The van der Waals surface area contributed by atoms with Crippen LogP contribution >= 0.6 is 0 Å². The van der Waals surface area contributed by atoms with Gasteiger partial charge in [0.15, 0.2) is 0 Å². The van der Waals surface area contributed by atoms with Crippen LogP contribution in [0.15, 0.2) is 24.5 Å². The van der Waals surface area contributed by atoms with Crippen LogP contribution in [0.2, 0.25) is 0 Å². The number of pyridine rings is 1. The molecule has 13 heavy (non-hydrogen) atoms. The highest BCUT2D eigenvalue weighted by Gasteiger charge is 2.26. The predicted octanol–water partition coefficient (Wildman–Crippen LogP) is -0.938. The van der Waals surface area contributed by atoms with Crippen LogP contribution in [0.1, 0.15) is 11.6 Å². The molecule has 0 spiro atoms. The molecule has 1 fully saturated rings. The number of nitrogens with two attached hydrogens (primary N) is 1. The Bertz CT molecular complexity index is 262. The monoisotopic (exact) mass is 179 g/mol. The van der Waals surface area contributed by atoms with Crippen LogP contribution in [0.5, 0.6) is 0 Å². The van der Waals surface area contributed by atoms with Crippen molar-refractivity contribution < 1.29 is 0 Å². The summed E-state index contributed by atoms with van der Waals surface area (Å²) in [6.45, 7) is 0.583. The van der Waals surface area contributed by atoms with Crippen LogP contribution in [0, 0.1) is 0 Å². The third-order valence-electron chi connectivity index (χ3n) is 2.19. The van der Waals surface area contributed by atoms with Crippen molar-refractivity contribution in [1.82, 2.24) is 21.4 Å². The second-order valence-electron chi connectivity index (χ2n) is 3.02. The maximum atomic E-state index is 5.60. The van der Waals surface area contributed by atoms with Gasteiger partial charge in [-0.1, -0.05) is 6.07 Å². The fraction of sp³-hybridized carbons (Fsp3) is 0.375. The van der Waals surface area contributed by atoms with Gasteiger partial charge < -0.3 is 5.73 Å². The summed E-state index contributed by atoms with van der Waals surface area (Å²) >= 11 is 0. The van der Waals surface area contributed by atoms with Gasteiger partial charge >= 0.3 is 0 Å². The van der Waals surface area contributed by atoms with Gasteiger partial charge in [-0.05, 0) is 11.6 Å². The molecule has 1 aromatic heterocycles. The van der Waals surface area contributed by atoms with Crippen molar-refractivity contribution >= 4 is 0 Å². The van der Waals surface area contributed by atoms with Crippen molar-refractivity contribution in [3.8, 4) is 0 Å². The summed E-state index contributed by atoms with van der Waals surface area (Å²) in [4.78, 5) is 4.06. The van der Waals surface area contributed by atoms with Crippen LogP contribution in [0.3, 0.4) is 0 Å². The normalized spacial score (nSPS) is 27.8. The lowest BCUT2D eigenvalue weighted by molar-refractivity contribution is 0.534. The van der Waals surface area contributed by atoms with Gasteiger partial charge in [0.05, 0.1) is 12.1 Å². The molecule has 0 bridgehead atoms. The number of hydrazine groups is 2. The van der Waals surface area contributed by atoms with Gasteiger partial charge in [0.1, 0.15) is 0 Å². The quantitative estimate of drug-likeness (QED) is 0.471. The van der Waals surface area contributed by atoms with Crippen molar-refractivity contribution in [2.75, 3.05) is 6.54 Å². The third-order valence-corrected chi connectivity index (χ3v) is 2.19. The maximum absolute atomic E-state index is 5.60. The molecule has 1 saturated heterocycles. The predicted molar refractivity (Wildman–Crippen MR) is 49.2 cm³/mol. The molecule has 5 N–H and O–H groups in total. The minimum Gasteiger partial charge on any atom is -0.329 e. The maximum Gasteiger partial charge on any atom is 0.0670 e. The Morgan fingerprint density at radius 3 is 3.08 bits per heavy atom. The Kier molecular flexibility index (Phi) is 2.51. The molecule has 2 rings (SSSR count). The largest absolute Gasteiger partial charge is 0.329 e. The molecule has 1 aliphatic heterocycles. The van der Waals surface area contributed by atoms with E-state index >= 15 is 0 Å². The lowest BCUT2D eigenvalue weighted by Gasteiger charge is -2.15. The molecular formula is C8H13N5. The van der Waals surface area contributed by atoms with Crippen LogP contribution < -0.4 is 22.1 Å². The highest BCUT2D eigenvalue weighted by atomic mass is 15.7. The van der Waals surface area contributed by atoms with Gasteiger partial charge in [-0.25, -0.2) is 10.9 Å².